The first kappa shape index (κ1) is 19.9. The molecule has 134 valence electrons. The van der Waals surface area contributed by atoms with Crippen LogP contribution >= 0.6 is 0 Å². The summed E-state index contributed by atoms with van der Waals surface area (Å²) in [6.07, 6.45) is 0. The lowest BCUT2D eigenvalue weighted by atomic mass is 9.94. The monoisotopic (exact) mass is 358 g/mol. The van der Waals surface area contributed by atoms with Crippen LogP contribution in [-0.2, 0) is 14.8 Å². The standard InChI is InChI=1S/C15H22N2O6S/c1-15(2,14(19)20)9-16-13(18)10-6-7-11(23-5)12(8-10)24(21,22)17(3)4/h6-8H,9H2,1-5H3,(H,16,18)(H,19,20). The summed E-state index contributed by atoms with van der Waals surface area (Å²) in [5, 5.41) is 11.5. The van der Waals surface area contributed by atoms with Crippen LogP contribution in [0.5, 0.6) is 5.75 Å². The van der Waals surface area contributed by atoms with Crippen LogP contribution in [0.3, 0.4) is 0 Å². The number of sulfonamides is 1. The maximum Gasteiger partial charge on any atom is 0.310 e. The molecule has 1 aromatic carbocycles. The second kappa shape index (κ2) is 7.18. The van der Waals surface area contributed by atoms with E-state index in [0.29, 0.717) is 0 Å². The molecular weight excluding hydrogens is 336 g/mol. The molecule has 2 N–H and O–H groups in total. The highest BCUT2D eigenvalue weighted by Crippen LogP contribution is 2.27. The van der Waals surface area contributed by atoms with E-state index in [1.54, 1.807) is 0 Å². The van der Waals surface area contributed by atoms with Crippen LogP contribution in [0.2, 0.25) is 0 Å². The maximum absolute atomic E-state index is 12.3. The van der Waals surface area contributed by atoms with Crippen molar-refractivity contribution >= 4 is 21.9 Å². The zero-order valence-corrected chi connectivity index (χ0v) is 15.1. The van der Waals surface area contributed by atoms with E-state index < -0.39 is 27.3 Å². The van der Waals surface area contributed by atoms with E-state index in [9.17, 15) is 18.0 Å². The average Bonchev–Trinajstić information content (AvgIpc) is 2.51. The van der Waals surface area contributed by atoms with Crippen molar-refractivity contribution in [2.24, 2.45) is 5.41 Å². The van der Waals surface area contributed by atoms with Gasteiger partial charge in [0.05, 0.1) is 12.5 Å². The van der Waals surface area contributed by atoms with E-state index in [1.165, 1.54) is 53.3 Å². The van der Waals surface area contributed by atoms with Gasteiger partial charge in [0, 0.05) is 26.2 Å². The largest absolute Gasteiger partial charge is 0.495 e. The van der Waals surface area contributed by atoms with Gasteiger partial charge in [-0.2, -0.15) is 0 Å². The summed E-state index contributed by atoms with van der Waals surface area (Å²) in [6, 6.07) is 4.00. The number of aliphatic carboxylic acids is 1. The highest BCUT2D eigenvalue weighted by atomic mass is 32.2. The summed E-state index contributed by atoms with van der Waals surface area (Å²) in [5.41, 5.74) is -1.04. The lowest BCUT2D eigenvalue weighted by Gasteiger charge is -2.20. The van der Waals surface area contributed by atoms with Crippen LogP contribution in [0.15, 0.2) is 23.1 Å². The number of benzene rings is 1. The third-order valence-electron chi connectivity index (χ3n) is 3.45. The number of carboxylic acids is 1. The lowest BCUT2D eigenvalue weighted by molar-refractivity contribution is -0.146. The van der Waals surface area contributed by atoms with Crippen molar-refractivity contribution in [2.45, 2.75) is 18.7 Å². The summed E-state index contributed by atoms with van der Waals surface area (Å²) in [4.78, 5) is 23.1. The fraction of sp³-hybridized carbons (Fsp3) is 0.467. The van der Waals surface area contributed by atoms with Crippen molar-refractivity contribution in [3.05, 3.63) is 23.8 Å². The van der Waals surface area contributed by atoms with Gasteiger partial charge >= 0.3 is 5.97 Å². The summed E-state index contributed by atoms with van der Waals surface area (Å²) in [7, 11) is 0.278. The molecule has 24 heavy (non-hydrogen) atoms. The molecule has 1 amide bonds. The van der Waals surface area contributed by atoms with Crippen molar-refractivity contribution in [2.75, 3.05) is 27.7 Å². The Balaban J connectivity index is 3.15. The molecule has 1 rings (SSSR count). The van der Waals surface area contributed by atoms with Crippen LogP contribution in [0.1, 0.15) is 24.2 Å². The molecule has 0 saturated carbocycles. The van der Waals surface area contributed by atoms with Crippen molar-refractivity contribution in [3.63, 3.8) is 0 Å². The second-order valence-corrected chi connectivity index (χ2v) is 8.15. The minimum absolute atomic E-state index is 0.0943. The number of nitrogens with zero attached hydrogens (tertiary/aromatic N) is 1. The van der Waals surface area contributed by atoms with Gasteiger partial charge in [-0.1, -0.05) is 0 Å². The summed E-state index contributed by atoms with van der Waals surface area (Å²) in [6.45, 7) is 2.86. The van der Waals surface area contributed by atoms with Gasteiger partial charge < -0.3 is 15.2 Å². The number of rotatable bonds is 7. The highest BCUT2D eigenvalue weighted by molar-refractivity contribution is 7.89. The van der Waals surface area contributed by atoms with Gasteiger partial charge in [0.2, 0.25) is 10.0 Å². The topological polar surface area (TPSA) is 113 Å². The Labute approximate surface area is 141 Å². The quantitative estimate of drug-likeness (QED) is 0.745. The molecule has 0 aliphatic heterocycles. The molecule has 8 nitrogen and oxygen atoms in total. The van der Waals surface area contributed by atoms with Crippen LogP contribution in [-0.4, -0.2) is 57.5 Å². The summed E-state index contributed by atoms with van der Waals surface area (Å²) < 4.78 is 30.7. The number of hydrogen-bond donors (Lipinski definition) is 2. The lowest BCUT2D eigenvalue weighted by Crippen LogP contribution is -2.39. The second-order valence-electron chi connectivity index (χ2n) is 6.02. The predicted molar refractivity (Wildman–Crippen MR) is 87.6 cm³/mol. The normalized spacial score (nSPS) is 12.1. The number of methoxy groups -OCH3 is 1. The number of carboxylic acid groups (broad SMARTS) is 1. The Morgan fingerprint density at radius 2 is 1.88 bits per heavy atom. The summed E-state index contributed by atoms with van der Waals surface area (Å²) in [5.74, 6) is -1.50. The number of hydrogen-bond acceptors (Lipinski definition) is 5. The van der Waals surface area contributed by atoms with E-state index in [-0.39, 0.29) is 22.8 Å². The molecule has 0 aliphatic rings. The van der Waals surface area contributed by atoms with Crippen LogP contribution in [0.25, 0.3) is 0 Å². The van der Waals surface area contributed by atoms with E-state index in [2.05, 4.69) is 5.32 Å². The Bertz CT molecular complexity index is 740. The van der Waals surface area contributed by atoms with Crippen molar-refractivity contribution in [1.82, 2.24) is 9.62 Å². The molecule has 0 saturated heterocycles. The summed E-state index contributed by atoms with van der Waals surface area (Å²) >= 11 is 0. The third kappa shape index (κ3) is 4.24. The molecule has 0 atom stereocenters. The van der Waals surface area contributed by atoms with E-state index >= 15 is 0 Å². The molecule has 0 radical (unpaired) electrons. The molecule has 0 fully saturated rings. The zero-order valence-electron chi connectivity index (χ0n) is 14.3. The Morgan fingerprint density at radius 3 is 2.33 bits per heavy atom. The molecule has 0 aliphatic carbocycles. The minimum atomic E-state index is -3.80. The molecular formula is C15H22N2O6S. The minimum Gasteiger partial charge on any atom is -0.495 e. The predicted octanol–water partition coefficient (Wildman–Crippen LogP) is 0.786. The van der Waals surface area contributed by atoms with Crippen LogP contribution < -0.4 is 10.1 Å². The van der Waals surface area contributed by atoms with Crippen molar-refractivity contribution in [3.8, 4) is 5.75 Å². The first-order valence-corrected chi connectivity index (χ1v) is 8.49. The van der Waals surface area contributed by atoms with Gasteiger partial charge in [0.15, 0.2) is 0 Å². The van der Waals surface area contributed by atoms with E-state index in [0.717, 1.165) is 4.31 Å². The molecule has 0 aromatic heterocycles. The van der Waals surface area contributed by atoms with E-state index in [1.807, 2.05) is 0 Å². The molecule has 0 spiro atoms. The third-order valence-corrected chi connectivity index (χ3v) is 5.29. The maximum atomic E-state index is 12.3. The Hall–Kier alpha value is -2.13. The van der Waals surface area contributed by atoms with Crippen molar-refractivity contribution < 1.29 is 27.9 Å². The first-order chi connectivity index (χ1) is 10.9. The number of carbonyl (C=O) groups is 2. The average molecular weight is 358 g/mol. The Kier molecular flexibility index (Phi) is 5.96. The Morgan fingerprint density at radius 1 is 1.29 bits per heavy atom. The first-order valence-electron chi connectivity index (χ1n) is 7.05. The number of nitrogens with one attached hydrogen (secondary N) is 1. The molecule has 0 bridgehead atoms. The fourth-order valence-electron chi connectivity index (χ4n) is 1.70. The van der Waals surface area contributed by atoms with Crippen LogP contribution in [0.4, 0.5) is 0 Å². The van der Waals surface area contributed by atoms with Crippen molar-refractivity contribution in [1.29, 1.82) is 0 Å². The van der Waals surface area contributed by atoms with Gasteiger partial charge in [-0.3, -0.25) is 9.59 Å². The molecule has 9 heteroatoms. The van der Waals surface area contributed by atoms with E-state index in [4.69, 9.17) is 9.84 Å². The molecule has 0 heterocycles. The number of amides is 1. The smallest absolute Gasteiger partial charge is 0.310 e. The highest BCUT2D eigenvalue weighted by Gasteiger charge is 2.28. The fourth-order valence-corrected chi connectivity index (χ4v) is 2.77. The van der Waals surface area contributed by atoms with Gasteiger partial charge in [-0.05, 0) is 32.0 Å². The molecule has 1 aromatic rings. The zero-order chi connectivity index (χ0) is 18.7. The van der Waals surface area contributed by atoms with Crippen LogP contribution in [0, 0.1) is 5.41 Å². The van der Waals surface area contributed by atoms with Gasteiger partial charge in [-0.25, -0.2) is 12.7 Å². The van der Waals surface area contributed by atoms with Gasteiger partial charge in [-0.15, -0.1) is 0 Å². The SMILES string of the molecule is COc1ccc(C(=O)NCC(C)(C)C(=O)O)cc1S(=O)(=O)N(C)C. The molecule has 0 unspecified atom stereocenters. The van der Waals surface area contributed by atoms with Gasteiger partial charge in [0.25, 0.3) is 5.91 Å². The van der Waals surface area contributed by atoms with Gasteiger partial charge in [0.1, 0.15) is 10.6 Å². The number of carbonyl (C=O) groups excluding carboxylic acids is 1. The number of ether oxygens (including phenoxy) is 1.